The molecule has 1 aliphatic rings. The monoisotopic (exact) mass is 206 g/mol. The van der Waals surface area contributed by atoms with E-state index in [1.165, 1.54) is 11.1 Å². The Bertz CT molecular complexity index is 327. The van der Waals surface area contributed by atoms with Crippen LogP contribution in [0.1, 0.15) is 13.3 Å². The summed E-state index contributed by atoms with van der Waals surface area (Å²) in [6, 6.07) is 0. The van der Waals surface area contributed by atoms with E-state index in [1.807, 2.05) is 13.0 Å². The van der Waals surface area contributed by atoms with Crippen molar-refractivity contribution in [3.63, 3.8) is 0 Å². The molecule has 0 nitrogen and oxygen atoms in total. The van der Waals surface area contributed by atoms with E-state index in [0.717, 1.165) is 12.0 Å². The van der Waals surface area contributed by atoms with E-state index in [1.54, 1.807) is 0 Å². The van der Waals surface area contributed by atoms with Crippen LogP contribution >= 0.6 is 11.6 Å². The summed E-state index contributed by atoms with van der Waals surface area (Å²) in [4.78, 5) is 0. The van der Waals surface area contributed by atoms with E-state index in [0.29, 0.717) is 5.88 Å². The highest BCUT2D eigenvalue weighted by Crippen LogP contribution is 2.18. The topological polar surface area (TPSA) is 0 Å². The summed E-state index contributed by atoms with van der Waals surface area (Å²) in [5, 5.41) is 0. The summed E-state index contributed by atoms with van der Waals surface area (Å²) in [5.74, 6) is 0.605. The Morgan fingerprint density at radius 2 is 2.36 bits per heavy atom. The molecule has 1 aliphatic carbocycles. The van der Waals surface area contributed by atoms with Gasteiger partial charge >= 0.3 is 0 Å². The van der Waals surface area contributed by atoms with Crippen LogP contribution in [-0.4, -0.2) is 5.88 Å². The Morgan fingerprint density at radius 1 is 1.57 bits per heavy atom. The summed E-state index contributed by atoms with van der Waals surface area (Å²) >= 11 is 5.78. The lowest BCUT2D eigenvalue weighted by atomic mass is 10.1. The highest BCUT2D eigenvalue weighted by Gasteiger charge is 2.00. The molecule has 0 amide bonds. The minimum Gasteiger partial charge on any atom is -0.122 e. The molecule has 0 saturated heterocycles. The van der Waals surface area contributed by atoms with Crippen LogP contribution in [0.15, 0.2) is 59.8 Å². The smallest absolute Gasteiger partial charge is 0.0439 e. The van der Waals surface area contributed by atoms with Crippen molar-refractivity contribution >= 4 is 11.6 Å². The Hall–Kier alpha value is -1.01. The summed E-state index contributed by atoms with van der Waals surface area (Å²) in [5.41, 5.74) is 3.60. The second kappa shape index (κ2) is 5.66. The maximum Gasteiger partial charge on any atom is 0.0439 e. The Kier molecular flexibility index (Phi) is 4.48. The van der Waals surface area contributed by atoms with Crippen LogP contribution in [0.2, 0.25) is 0 Å². The molecule has 0 radical (unpaired) electrons. The molecule has 1 rings (SSSR count). The molecule has 0 aromatic carbocycles. The van der Waals surface area contributed by atoms with Gasteiger partial charge < -0.3 is 0 Å². The Balaban J connectivity index is 2.95. The van der Waals surface area contributed by atoms with Crippen LogP contribution in [0.4, 0.5) is 0 Å². The molecular weight excluding hydrogens is 192 g/mol. The molecule has 0 aromatic heterocycles. The van der Waals surface area contributed by atoms with E-state index < -0.39 is 0 Å². The van der Waals surface area contributed by atoms with Crippen molar-refractivity contribution in [2.45, 2.75) is 13.3 Å². The lowest BCUT2D eigenvalue weighted by Crippen LogP contribution is -1.80. The first-order valence-electron chi connectivity index (χ1n) is 4.73. The van der Waals surface area contributed by atoms with Crippen molar-refractivity contribution in [1.29, 1.82) is 0 Å². The first kappa shape index (κ1) is 11.1. The van der Waals surface area contributed by atoms with Gasteiger partial charge in [-0.25, -0.2) is 0 Å². The average Bonchev–Trinajstić information content (AvgIpc) is 2.45. The van der Waals surface area contributed by atoms with Gasteiger partial charge in [0.2, 0.25) is 0 Å². The molecule has 1 heteroatoms. The Labute approximate surface area is 91.0 Å². The fraction of sp³-hybridized carbons (Fsp3) is 0.231. The molecule has 0 aliphatic heterocycles. The standard InChI is InChI=1S/C13H15Cl/c1-3-12(4-2)13-7-5-6-11(10-14)8-9-13/h3-5,7-9H,1,6,10H2,2H3/b12-4+. The van der Waals surface area contributed by atoms with Gasteiger partial charge in [-0.3, -0.25) is 0 Å². The second-order valence-electron chi connectivity index (χ2n) is 3.14. The predicted molar refractivity (Wildman–Crippen MR) is 64.6 cm³/mol. The third kappa shape index (κ3) is 2.74. The molecule has 0 spiro atoms. The zero-order valence-corrected chi connectivity index (χ0v) is 9.22. The Morgan fingerprint density at radius 3 is 2.93 bits per heavy atom. The number of hydrogen-bond donors (Lipinski definition) is 0. The van der Waals surface area contributed by atoms with Crippen molar-refractivity contribution in [2.24, 2.45) is 0 Å². The summed E-state index contributed by atoms with van der Waals surface area (Å²) in [6.07, 6.45) is 13.3. The third-order valence-corrected chi connectivity index (χ3v) is 2.56. The summed E-state index contributed by atoms with van der Waals surface area (Å²) < 4.78 is 0. The van der Waals surface area contributed by atoms with Crippen molar-refractivity contribution < 1.29 is 0 Å². The highest BCUT2D eigenvalue weighted by atomic mass is 35.5. The molecule has 0 atom stereocenters. The molecular formula is C13H15Cl. The molecule has 0 saturated carbocycles. The van der Waals surface area contributed by atoms with Crippen molar-refractivity contribution in [1.82, 2.24) is 0 Å². The van der Waals surface area contributed by atoms with Gasteiger partial charge in [0.15, 0.2) is 0 Å². The van der Waals surface area contributed by atoms with Gasteiger partial charge in [0, 0.05) is 5.88 Å². The van der Waals surface area contributed by atoms with E-state index in [-0.39, 0.29) is 0 Å². The summed E-state index contributed by atoms with van der Waals surface area (Å²) in [7, 11) is 0. The van der Waals surface area contributed by atoms with Gasteiger partial charge in [-0.2, -0.15) is 0 Å². The molecule has 0 heterocycles. The number of rotatable bonds is 3. The maximum absolute atomic E-state index is 5.78. The fourth-order valence-electron chi connectivity index (χ4n) is 1.36. The quantitative estimate of drug-likeness (QED) is 0.480. The van der Waals surface area contributed by atoms with Gasteiger partial charge in [-0.15, -0.1) is 11.6 Å². The van der Waals surface area contributed by atoms with Crippen molar-refractivity contribution in [2.75, 3.05) is 5.88 Å². The maximum atomic E-state index is 5.78. The first-order valence-corrected chi connectivity index (χ1v) is 5.26. The van der Waals surface area contributed by atoms with Crippen LogP contribution < -0.4 is 0 Å². The number of alkyl halides is 1. The third-order valence-electron chi connectivity index (χ3n) is 2.21. The number of allylic oxidation sites excluding steroid dienone is 9. The molecule has 0 N–H and O–H groups in total. The minimum atomic E-state index is 0.605. The predicted octanol–water partition coefficient (Wildman–Crippen LogP) is 4.17. The van der Waals surface area contributed by atoms with Crippen LogP contribution in [0, 0.1) is 0 Å². The largest absolute Gasteiger partial charge is 0.122 e. The van der Waals surface area contributed by atoms with Gasteiger partial charge in [-0.05, 0) is 24.5 Å². The molecule has 0 bridgehead atoms. The molecule has 14 heavy (non-hydrogen) atoms. The van der Waals surface area contributed by atoms with E-state index in [9.17, 15) is 0 Å². The van der Waals surface area contributed by atoms with Crippen LogP contribution in [0.25, 0.3) is 0 Å². The number of hydrogen-bond acceptors (Lipinski definition) is 0. The van der Waals surface area contributed by atoms with E-state index >= 15 is 0 Å². The molecule has 0 aromatic rings. The zero-order chi connectivity index (χ0) is 10.4. The zero-order valence-electron chi connectivity index (χ0n) is 8.46. The van der Waals surface area contributed by atoms with E-state index in [4.69, 9.17) is 11.6 Å². The molecule has 74 valence electrons. The first-order chi connectivity index (χ1) is 6.81. The van der Waals surface area contributed by atoms with Gasteiger partial charge in [-0.1, -0.05) is 48.6 Å². The average molecular weight is 207 g/mol. The molecule has 0 fully saturated rings. The van der Waals surface area contributed by atoms with Crippen LogP contribution in [0.3, 0.4) is 0 Å². The number of halogens is 1. The van der Waals surface area contributed by atoms with Crippen molar-refractivity contribution in [3.05, 3.63) is 59.8 Å². The second-order valence-corrected chi connectivity index (χ2v) is 3.40. The van der Waals surface area contributed by atoms with Gasteiger partial charge in [0.25, 0.3) is 0 Å². The van der Waals surface area contributed by atoms with Crippen molar-refractivity contribution in [3.8, 4) is 0 Å². The molecule has 0 unspecified atom stereocenters. The fourth-order valence-corrected chi connectivity index (χ4v) is 1.56. The normalized spacial score (nSPS) is 17.1. The van der Waals surface area contributed by atoms with Gasteiger partial charge in [0.1, 0.15) is 0 Å². The van der Waals surface area contributed by atoms with Crippen LogP contribution in [0.5, 0.6) is 0 Å². The lowest BCUT2D eigenvalue weighted by molar-refractivity contribution is 1.22. The summed E-state index contributed by atoms with van der Waals surface area (Å²) in [6.45, 7) is 5.80. The SMILES string of the molecule is C=C/C(=C\C)C1=CC=C(CCl)CC=C1. The van der Waals surface area contributed by atoms with E-state index in [2.05, 4.69) is 37.0 Å². The van der Waals surface area contributed by atoms with Gasteiger partial charge in [0.05, 0.1) is 0 Å². The highest BCUT2D eigenvalue weighted by molar-refractivity contribution is 6.19. The minimum absolute atomic E-state index is 0.605. The lowest BCUT2D eigenvalue weighted by Gasteiger charge is -1.99. The van der Waals surface area contributed by atoms with Crippen LogP contribution in [-0.2, 0) is 0 Å².